The van der Waals surface area contributed by atoms with Gasteiger partial charge in [-0.3, -0.25) is 24.0 Å². The lowest BCUT2D eigenvalue weighted by atomic mass is 10.0. The maximum atomic E-state index is 13.5. The number of aliphatic hydroxyl groups is 2. The monoisotopic (exact) mass is 585 g/mol. The van der Waals surface area contributed by atoms with Gasteiger partial charge in [-0.05, 0) is 18.9 Å². The van der Waals surface area contributed by atoms with Gasteiger partial charge in [0.25, 0.3) is 0 Å². The molecule has 1 aromatic carbocycles. The molecule has 2 saturated heterocycles. The Morgan fingerprint density at radius 3 is 2.21 bits per heavy atom. The zero-order chi connectivity index (χ0) is 28.9. The highest BCUT2D eigenvalue weighted by molar-refractivity contribution is 6.32. The van der Waals surface area contributed by atoms with Crippen LogP contribution in [0.4, 0.5) is 0 Å². The Hall–Kier alpha value is -2.93. The van der Waals surface area contributed by atoms with Crippen LogP contribution in [0, 0.1) is 0 Å². The first-order valence-electron chi connectivity index (χ1n) is 12.6. The molecule has 2 aliphatic heterocycles. The topological polar surface area (TPSA) is 177 Å². The number of nitrogens with one attached hydrogen (secondary N) is 4. The summed E-state index contributed by atoms with van der Waals surface area (Å²) in [5, 5.41) is 28.3. The molecule has 8 atom stereocenters. The van der Waals surface area contributed by atoms with Gasteiger partial charge in [-0.2, -0.15) is 0 Å². The lowest BCUT2D eigenvalue weighted by Gasteiger charge is -2.32. The Kier molecular flexibility index (Phi) is 10.5. The molecule has 0 bridgehead atoms. The number of halogens is 2. The predicted molar refractivity (Wildman–Crippen MR) is 142 cm³/mol. The van der Waals surface area contributed by atoms with Crippen molar-refractivity contribution in [3.63, 3.8) is 0 Å². The zero-order valence-electron chi connectivity index (χ0n) is 21.5. The highest BCUT2D eigenvalue weighted by Gasteiger charge is 2.48. The van der Waals surface area contributed by atoms with Crippen molar-refractivity contribution in [1.29, 1.82) is 0 Å². The summed E-state index contributed by atoms with van der Waals surface area (Å²) in [6.45, 7) is 2.05. The zero-order valence-corrected chi connectivity index (χ0v) is 23.0. The van der Waals surface area contributed by atoms with Crippen LogP contribution in [0.5, 0.6) is 0 Å². The fraction of sp³-hybridized carbons (Fsp3) is 0.560. The molecule has 214 valence electrons. The van der Waals surface area contributed by atoms with Crippen molar-refractivity contribution in [2.24, 2.45) is 0 Å². The minimum Gasteiger partial charge on any atom is -0.394 e. The molecule has 5 amide bonds. The summed E-state index contributed by atoms with van der Waals surface area (Å²) in [7, 11) is 0. The normalized spacial score (nSPS) is 32.0. The van der Waals surface area contributed by atoms with E-state index < -0.39 is 83.2 Å². The third-order valence-corrected chi connectivity index (χ3v) is 7.81. The summed E-state index contributed by atoms with van der Waals surface area (Å²) in [6, 6.07) is 2.39. The Morgan fingerprint density at radius 2 is 1.62 bits per heavy atom. The molecule has 2 aliphatic rings. The first kappa shape index (κ1) is 30.6. The Labute approximate surface area is 235 Å². The molecule has 0 saturated carbocycles. The summed E-state index contributed by atoms with van der Waals surface area (Å²) in [4.78, 5) is 67.1. The molecule has 39 heavy (non-hydrogen) atoms. The van der Waals surface area contributed by atoms with Gasteiger partial charge in [-0.15, -0.1) is 23.2 Å². The van der Waals surface area contributed by atoms with Crippen LogP contribution in [0.15, 0.2) is 30.3 Å². The number of hydrogen-bond donors (Lipinski definition) is 6. The Bertz CT molecular complexity index is 1080. The number of carbonyl (C=O) groups excluding carboxylic acids is 5. The van der Waals surface area contributed by atoms with Crippen LogP contribution >= 0.6 is 23.2 Å². The molecular weight excluding hydrogens is 553 g/mol. The van der Waals surface area contributed by atoms with Gasteiger partial charge in [-0.25, -0.2) is 0 Å². The number of carbonyl (C=O) groups is 5. The maximum absolute atomic E-state index is 13.5. The highest BCUT2D eigenvalue weighted by Crippen LogP contribution is 2.29. The number of hydrogen-bond acceptors (Lipinski definition) is 7. The first-order valence-corrected chi connectivity index (χ1v) is 13.5. The number of rotatable bonds is 4. The second-order valence-corrected chi connectivity index (χ2v) is 10.6. The number of nitrogens with zero attached hydrogens (tertiary/aromatic N) is 1. The molecule has 0 aliphatic carbocycles. The number of aliphatic hydroxyl groups excluding tert-OH is 2. The van der Waals surface area contributed by atoms with E-state index in [2.05, 4.69) is 21.3 Å². The number of amides is 5. The highest BCUT2D eigenvalue weighted by atomic mass is 35.5. The molecule has 6 N–H and O–H groups in total. The van der Waals surface area contributed by atoms with Crippen LogP contribution in [0.2, 0.25) is 0 Å². The number of benzene rings is 1. The van der Waals surface area contributed by atoms with Gasteiger partial charge in [0.05, 0.1) is 35.9 Å². The van der Waals surface area contributed by atoms with Crippen LogP contribution in [-0.4, -0.2) is 98.8 Å². The largest absolute Gasteiger partial charge is 0.394 e. The van der Waals surface area contributed by atoms with E-state index in [-0.39, 0.29) is 19.4 Å². The van der Waals surface area contributed by atoms with Crippen molar-refractivity contribution in [3.05, 3.63) is 35.9 Å². The smallest absolute Gasteiger partial charge is 0.245 e. The third kappa shape index (κ3) is 7.18. The van der Waals surface area contributed by atoms with E-state index in [0.717, 1.165) is 4.90 Å². The molecule has 1 aromatic rings. The van der Waals surface area contributed by atoms with E-state index in [1.54, 1.807) is 37.3 Å². The van der Waals surface area contributed by atoms with Crippen LogP contribution in [0.3, 0.4) is 0 Å². The van der Waals surface area contributed by atoms with Crippen molar-refractivity contribution < 1.29 is 34.2 Å². The third-order valence-electron chi connectivity index (χ3n) is 6.73. The first-order chi connectivity index (χ1) is 18.5. The quantitative estimate of drug-likeness (QED) is 0.243. The van der Waals surface area contributed by atoms with Crippen molar-refractivity contribution in [2.75, 3.05) is 13.2 Å². The average molecular weight is 586 g/mol. The lowest BCUT2D eigenvalue weighted by Crippen LogP contribution is -2.62. The second-order valence-electron chi connectivity index (χ2n) is 9.57. The minimum atomic E-state index is -1.55. The predicted octanol–water partition coefficient (Wildman–Crippen LogP) is -1.09. The summed E-state index contributed by atoms with van der Waals surface area (Å²) in [6.07, 6.45) is -1.49. The standard InChI is InChI=1S/C25H33Cl2N5O7/c1-3-15-25(39)32-10-14(26)19(27)21(32)24(38)31-20(12(2)34)23(37)30-17(11-33)22(36)29-16(9-18(35)28-15)13-7-5-4-6-8-13/h4-8,12,14-17,19-21,33-34H,3,9-11H2,1-2H3,(H,28,35)(H,29,36)(H,30,37)(H,31,38)/t12?,14-,15+,16-,17+,19-,20?,21+/m1/s1. The fourth-order valence-electron chi connectivity index (χ4n) is 4.57. The fourth-order valence-corrected chi connectivity index (χ4v) is 5.19. The van der Waals surface area contributed by atoms with E-state index in [0.29, 0.717) is 5.56 Å². The second kappa shape index (κ2) is 13.4. The Balaban J connectivity index is 2.02. The van der Waals surface area contributed by atoms with Crippen molar-refractivity contribution in [2.45, 2.75) is 73.8 Å². The van der Waals surface area contributed by atoms with E-state index in [1.165, 1.54) is 6.92 Å². The van der Waals surface area contributed by atoms with Gasteiger partial charge in [-0.1, -0.05) is 37.3 Å². The number of fused-ring (bicyclic) bond motifs is 1. The average Bonchev–Trinajstić information content (AvgIpc) is 3.21. The summed E-state index contributed by atoms with van der Waals surface area (Å²) < 4.78 is 0. The van der Waals surface area contributed by atoms with Crippen LogP contribution < -0.4 is 21.3 Å². The van der Waals surface area contributed by atoms with Crippen LogP contribution in [-0.2, 0) is 24.0 Å². The lowest BCUT2D eigenvalue weighted by molar-refractivity contribution is -0.143. The maximum Gasteiger partial charge on any atom is 0.245 e. The van der Waals surface area contributed by atoms with Crippen LogP contribution in [0.25, 0.3) is 0 Å². The molecule has 0 aromatic heterocycles. The summed E-state index contributed by atoms with van der Waals surface area (Å²) in [5.41, 5.74) is 0.577. The van der Waals surface area contributed by atoms with Gasteiger partial charge in [0.15, 0.2) is 0 Å². The van der Waals surface area contributed by atoms with E-state index in [9.17, 15) is 34.2 Å². The molecule has 2 fully saturated rings. The molecule has 12 nitrogen and oxygen atoms in total. The molecule has 3 rings (SSSR count). The molecule has 14 heteroatoms. The van der Waals surface area contributed by atoms with Crippen LogP contribution in [0.1, 0.15) is 38.3 Å². The van der Waals surface area contributed by atoms with Gasteiger partial charge >= 0.3 is 0 Å². The number of alkyl halides is 2. The molecule has 0 radical (unpaired) electrons. The minimum absolute atomic E-state index is 0.0835. The van der Waals surface area contributed by atoms with Crippen molar-refractivity contribution in [1.82, 2.24) is 26.2 Å². The Morgan fingerprint density at radius 1 is 0.949 bits per heavy atom. The molecular formula is C25H33Cl2N5O7. The van der Waals surface area contributed by atoms with E-state index in [4.69, 9.17) is 23.2 Å². The molecule has 0 spiro atoms. The molecule has 2 heterocycles. The summed E-state index contributed by atoms with van der Waals surface area (Å²) in [5.74, 6) is -3.75. The van der Waals surface area contributed by atoms with Crippen molar-refractivity contribution >= 4 is 52.7 Å². The van der Waals surface area contributed by atoms with Gasteiger partial charge in [0.2, 0.25) is 29.5 Å². The van der Waals surface area contributed by atoms with Crippen molar-refractivity contribution in [3.8, 4) is 0 Å². The van der Waals surface area contributed by atoms with Gasteiger partial charge in [0, 0.05) is 6.54 Å². The summed E-state index contributed by atoms with van der Waals surface area (Å²) >= 11 is 12.7. The van der Waals surface area contributed by atoms with E-state index >= 15 is 0 Å². The SMILES string of the molecule is CC[C@@H]1NC(=O)C[C@H](c2ccccc2)NC(=O)[C@H](CO)NC(=O)C(C(C)O)NC(=O)[C@@H]2[C@H](Cl)[C@H](Cl)CN2C1=O. The van der Waals surface area contributed by atoms with E-state index in [1.807, 2.05) is 0 Å². The van der Waals surface area contributed by atoms with Gasteiger partial charge < -0.3 is 36.4 Å². The molecule has 2 unspecified atom stereocenters. The van der Waals surface area contributed by atoms with Gasteiger partial charge in [0.1, 0.15) is 24.2 Å².